The van der Waals surface area contributed by atoms with E-state index in [1.807, 2.05) is 6.92 Å². The van der Waals surface area contributed by atoms with Gasteiger partial charge in [-0.3, -0.25) is 4.99 Å². The second kappa shape index (κ2) is 4.01. The summed E-state index contributed by atoms with van der Waals surface area (Å²) in [5, 5.41) is 0. The van der Waals surface area contributed by atoms with E-state index in [1.54, 1.807) is 0 Å². The lowest BCUT2D eigenvalue weighted by atomic mass is 10.3. The van der Waals surface area contributed by atoms with Crippen LogP contribution < -0.4 is 0 Å². The van der Waals surface area contributed by atoms with Gasteiger partial charge in [-0.25, -0.2) is 4.39 Å². The van der Waals surface area contributed by atoms with E-state index in [0.29, 0.717) is 12.1 Å². The number of nitrogens with zero attached hydrogens (tertiary/aromatic N) is 1. The van der Waals surface area contributed by atoms with Gasteiger partial charge >= 0.3 is 0 Å². The normalized spacial score (nSPS) is 11.1. The summed E-state index contributed by atoms with van der Waals surface area (Å²) in [7, 11) is 0. The highest BCUT2D eigenvalue weighted by Gasteiger charge is 1.87. The molecular weight excluding hydrogens is 117 g/mol. The van der Waals surface area contributed by atoms with Crippen LogP contribution >= 0.6 is 0 Å². The molecule has 0 fully saturated rings. The standard InChI is InChI=1S/C7H10FN/c1-4-7(9-3)5-6(2)8/h5H,2-4H2,1H3/b7-5-. The first-order valence-corrected chi connectivity index (χ1v) is 2.72. The molecule has 0 bridgehead atoms. The topological polar surface area (TPSA) is 12.4 Å². The monoisotopic (exact) mass is 127 g/mol. The third kappa shape index (κ3) is 3.64. The zero-order valence-electron chi connectivity index (χ0n) is 5.52. The van der Waals surface area contributed by atoms with Crippen LogP contribution in [0, 0.1) is 0 Å². The molecule has 50 valence electrons. The van der Waals surface area contributed by atoms with Crippen molar-refractivity contribution >= 4 is 6.72 Å². The lowest BCUT2D eigenvalue weighted by Gasteiger charge is -1.90. The first kappa shape index (κ1) is 8.08. The zero-order chi connectivity index (χ0) is 7.28. The number of aliphatic imine (C=N–C) groups is 1. The predicted octanol–water partition coefficient (Wildman–Crippen LogP) is 2.46. The van der Waals surface area contributed by atoms with Gasteiger partial charge in [-0.05, 0) is 19.2 Å². The Hall–Kier alpha value is -0.920. The summed E-state index contributed by atoms with van der Waals surface area (Å²) in [6.45, 7) is 8.20. The number of hydrogen-bond acceptors (Lipinski definition) is 1. The third-order valence-corrected chi connectivity index (χ3v) is 0.889. The number of rotatable bonds is 3. The van der Waals surface area contributed by atoms with Gasteiger partial charge in [-0.2, -0.15) is 0 Å². The number of halogens is 1. The molecule has 0 aromatic heterocycles. The smallest absolute Gasteiger partial charge is 0.117 e. The maximum atomic E-state index is 12.0. The molecule has 0 heterocycles. The van der Waals surface area contributed by atoms with Crippen LogP contribution in [0.4, 0.5) is 4.39 Å². The zero-order valence-corrected chi connectivity index (χ0v) is 5.52. The van der Waals surface area contributed by atoms with Crippen molar-refractivity contribution in [2.45, 2.75) is 13.3 Å². The summed E-state index contributed by atoms with van der Waals surface area (Å²) in [5.74, 6) is -0.473. The van der Waals surface area contributed by atoms with Gasteiger partial charge in [0.25, 0.3) is 0 Å². The van der Waals surface area contributed by atoms with Crippen molar-refractivity contribution in [2.75, 3.05) is 0 Å². The van der Waals surface area contributed by atoms with Crippen LogP contribution in [0.15, 0.2) is 29.2 Å². The molecule has 0 aliphatic carbocycles. The molecule has 2 heteroatoms. The predicted molar refractivity (Wildman–Crippen MR) is 38.2 cm³/mol. The second-order valence-electron chi connectivity index (χ2n) is 1.59. The average molecular weight is 127 g/mol. The van der Waals surface area contributed by atoms with Crippen molar-refractivity contribution in [1.82, 2.24) is 0 Å². The Kier molecular flexibility index (Phi) is 3.60. The van der Waals surface area contributed by atoms with Crippen molar-refractivity contribution < 1.29 is 4.39 Å². The lowest BCUT2D eigenvalue weighted by molar-refractivity contribution is 0.668. The number of hydrogen-bond donors (Lipinski definition) is 0. The molecule has 0 unspecified atom stereocenters. The summed E-state index contributed by atoms with van der Waals surface area (Å²) < 4.78 is 12.0. The molecule has 0 N–H and O–H groups in total. The molecule has 0 aliphatic rings. The highest BCUT2D eigenvalue weighted by Crippen LogP contribution is 2.05. The second-order valence-corrected chi connectivity index (χ2v) is 1.59. The quantitative estimate of drug-likeness (QED) is 0.408. The van der Waals surface area contributed by atoms with Gasteiger partial charge in [0.1, 0.15) is 5.83 Å². The average Bonchev–Trinajstić information content (AvgIpc) is 1.82. The van der Waals surface area contributed by atoms with Crippen LogP contribution in [-0.4, -0.2) is 6.72 Å². The Morgan fingerprint density at radius 3 is 2.44 bits per heavy atom. The summed E-state index contributed by atoms with van der Waals surface area (Å²) in [5.41, 5.74) is 0.627. The van der Waals surface area contributed by atoms with Gasteiger partial charge in [0.05, 0.1) is 0 Å². The summed E-state index contributed by atoms with van der Waals surface area (Å²) in [6, 6.07) is 0. The summed E-state index contributed by atoms with van der Waals surface area (Å²) >= 11 is 0. The molecule has 9 heavy (non-hydrogen) atoms. The van der Waals surface area contributed by atoms with Crippen LogP contribution in [0.3, 0.4) is 0 Å². The molecule has 0 aromatic rings. The molecule has 0 radical (unpaired) electrons. The molecule has 0 spiro atoms. The van der Waals surface area contributed by atoms with E-state index in [-0.39, 0.29) is 0 Å². The SMILES string of the molecule is C=N/C(=C\C(=C)F)CC. The van der Waals surface area contributed by atoms with Crippen molar-refractivity contribution in [2.24, 2.45) is 4.99 Å². The van der Waals surface area contributed by atoms with E-state index in [0.717, 1.165) is 0 Å². The van der Waals surface area contributed by atoms with Crippen LogP contribution in [-0.2, 0) is 0 Å². The maximum Gasteiger partial charge on any atom is 0.117 e. The maximum absolute atomic E-state index is 12.0. The van der Waals surface area contributed by atoms with Crippen LogP contribution in [0.1, 0.15) is 13.3 Å². The molecule has 0 atom stereocenters. The van der Waals surface area contributed by atoms with E-state index in [9.17, 15) is 4.39 Å². The van der Waals surface area contributed by atoms with E-state index in [4.69, 9.17) is 0 Å². The van der Waals surface area contributed by atoms with Gasteiger partial charge in [-0.15, -0.1) is 0 Å². The Balaban J connectivity index is 4.07. The molecule has 0 saturated heterocycles. The van der Waals surface area contributed by atoms with E-state index < -0.39 is 5.83 Å². The fraction of sp³-hybridized carbons (Fsp3) is 0.286. The number of allylic oxidation sites excluding steroid dienone is 3. The Morgan fingerprint density at radius 1 is 1.78 bits per heavy atom. The van der Waals surface area contributed by atoms with Gasteiger partial charge in [-0.1, -0.05) is 13.5 Å². The molecule has 0 aromatic carbocycles. The highest BCUT2D eigenvalue weighted by atomic mass is 19.1. The Bertz CT molecular complexity index is 147. The Morgan fingerprint density at radius 2 is 2.33 bits per heavy atom. The van der Waals surface area contributed by atoms with Crippen molar-refractivity contribution in [3.63, 3.8) is 0 Å². The minimum Gasteiger partial charge on any atom is -0.269 e. The fourth-order valence-electron chi connectivity index (χ4n) is 0.440. The first-order valence-electron chi connectivity index (χ1n) is 2.72. The van der Waals surface area contributed by atoms with Crippen molar-refractivity contribution in [3.05, 3.63) is 24.2 Å². The van der Waals surface area contributed by atoms with E-state index >= 15 is 0 Å². The molecular formula is C7H10FN. The Labute approximate surface area is 54.6 Å². The van der Waals surface area contributed by atoms with Gasteiger partial charge in [0.2, 0.25) is 0 Å². The largest absolute Gasteiger partial charge is 0.269 e. The molecule has 1 nitrogen and oxygen atoms in total. The van der Waals surface area contributed by atoms with Gasteiger partial charge in [0, 0.05) is 5.70 Å². The molecule has 0 saturated carbocycles. The summed E-state index contributed by atoms with van der Waals surface area (Å²) in [6.07, 6.45) is 1.96. The van der Waals surface area contributed by atoms with Crippen molar-refractivity contribution in [1.29, 1.82) is 0 Å². The van der Waals surface area contributed by atoms with Crippen molar-refractivity contribution in [3.8, 4) is 0 Å². The minimum absolute atomic E-state index is 0.473. The molecule has 0 amide bonds. The van der Waals surface area contributed by atoms with Gasteiger partial charge < -0.3 is 0 Å². The van der Waals surface area contributed by atoms with Crippen LogP contribution in [0.5, 0.6) is 0 Å². The third-order valence-electron chi connectivity index (χ3n) is 0.889. The summed E-state index contributed by atoms with van der Waals surface area (Å²) in [4.78, 5) is 3.56. The van der Waals surface area contributed by atoms with E-state index in [1.165, 1.54) is 6.08 Å². The molecule has 0 aliphatic heterocycles. The van der Waals surface area contributed by atoms with Crippen LogP contribution in [0.25, 0.3) is 0 Å². The molecule has 0 rings (SSSR count). The minimum atomic E-state index is -0.473. The van der Waals surface area contributed by atoms with E-state index in [2.05, 4.69) is 18.3 Å². The first-order chi connectivity index (χ1) is 4.20. The fourth-order valence-corrected chi connectivity index (χ4v) is 0.440. The lowest BCUT2D eigenvalue weighted by Crippen LogP contribution is -1.73. The van der Waals surface area contributed by atoms with Crippen LogP contribution in [0.2, 0.25) is 0 Å². The van der Waals surface area contributed by atoms with Gasteiger partial charge in [0.15, 0.2) is 0 Å². The highest BCUT2D eigenvalue weighted by molar-refractivity contribution is 5.30.